The summed E-state index contributed by atoms with van der Waals surface area (Å²) in [6.07, 6.45) is 4.58. The molecule has 0 saturated carbocycles. The van der Waals surface area contributed by atoms with Gasteiger partial charge in [-0.3, -0.25) is 9.78 Å². The van der Waals surface area contributed by atoms with Gasteiger partial charge in [0, 0.05) is 24.4 Å². The van der Waals surface area contributed by atoms with Crippen molar-refractivity contribution in [1.29, 1.82) is 0 Å². The largest absolute Gasteiger partial charge is 0.496 e. The highest BCUT2D eigenvalue weighted by atomic mass is 16.5. The molecule has 0 bridgehead atoms. The van der Waals surface area contributed by atoms with Crippen molar-refractivity contribution >= 4 is 5.97 Å². The third kappa shape index (κ3) is 4.05. The molecular formula is C17H19NO3. The second-order valence-electron chi connectivity index (χ2n) is 4.58. The number of carbonyl (C=O) groups is 1. The van der Waals surface area contributed by atoms with E-state index in [0.29, 0.717) is 19.4 Å². The predicted molar refractivity (Wildman–Crippen MR) is 81.2 cm³/mol. The van der Waals surface area contributed by atoms with E-state index >= 15 is 0 Å². The highest BCUT2D eigenvalue weighted by Crippen LogP contribution is 2.28. The van der Waals surface area contributed by atoms with Crippen LogP contribution >= 0.6 is 0 Å². The lowest BCUT2D eigenvalue weighted by atomic mass is 10.0. The summed E-state index contributed by atoms with van der Waals surface area (Å²) >= 11 is 0. The molecule has 0 aliphatic heterocycles. The van der Waals surface area contributed by atoms with E-state index in [4.69, 9.17) is 9.47 Å². The minimum absolute atomic E-state index is 0.157. The molecule has 2 rings (SSSR count). The molecule has 1 aromatic heterocycles. The molecule has 4 nitrogen and oxygen atoms in total. The first-order valence-corrected chi connectivity index (χ1v) is 6.97. The van der Waals surface area contributed by atoms with Crippen molar-refractivity contribution in [2.45, 2.75) is 19.8 Å². The van der Waals surface area contributed by atoms with Crippen LogP contribution in [0.25, 0.3) is 11.1 Å². The smallest absolute Gasteiger partial charge is 0.306 e. The molecule has 0 aliphatic carbocycles. The topological polar surface area (TPSA) is 48.4 Å². The summed E-state index contributed by atoms with van der Waals surface area (Å²) in [5.41, 5.74) is 3.10. The summed E-state index contributed by atoms with van der Waals surface area (Å²) < 4.78 is 10.3. The molecule has 4 heteroatoms. The van der Waals surface area contributed by atoms with E-state index in [9.17, 15) is 4.79 Å². The quantitative estimate of drug-likeness (QED) is 0.764. The minimum Gasteiger partial charge on any atom is -0.496 e. The van der Waals surface area contributed by atoms with Crippen LogP contribution in [0.2, 0.25) is 0 Å². The monoisotopic (exact) mass is 285 g/mol. The molecule has 1 heterocycles. The number of carbonyl (C=O) groups excluding carboxylic acids is 1. The SMILES string of the molecule is CCOC(=O)CCc1ccc(-c2cnccc2OC)cc1. The molecule has 0 radical (unpaired) electrons. The Morgan fingerprint density at radius 1 is 1.19 bits per heavy atom. The maximum Gasteiger partial charge on any atom is 0.306 e. The van der Waals surface area contributed by atoms with Gasteiger partial charge in [0.05, 0.1) is 13.7 Å². The first kappa shape index (κ1) is 15.0. The number of pyridine rings is 1. The van der Waals surface area contributed by atoms with Gasteiger partial charge in [0.15, 0.2) is 0 Å². The van der Waals surface area contributed by atoms with Gasteiger partial charge in [0.1, 0.15) is 5.75 Å². The second-order valence-corrected chi connectivity index (χ2v) is 4.58. The Morgan fingerprint density at radius 3 is 2.62 bits per heavy atom. The Bertz CT molecular complexity index is 593. The summed E-state index contributed by atoms with van der Waals surface area (Å²) in [6.45, 7) is 2.24. The molecule has 0 amide bonds. The van der Waals surface area contributed by atoms with E-state index in [1.165, 1.54) is 0 Å². The number of esters is 1. The molecule has 0 spiro atoms. The number of rotatable bonds is 6. The van der Waals surface area contributed by atoms with Crippen LogP contribution in [0.15, 0.2) is 42.7 Å². The predicted octanol–water partition coefficient (Wildman–Crippen LogP) is 3.25. The second kappa shape index (κ2) is 7.43. The van der Waals surface area contributed by atoms with Gasteiger partial charge >= 0.3 is 5.97 Å². The lowest BCUT2D eigenvalue weighted by Gasteiger charge is -2.08. The van der Waals surface area contributed by atoms with E-state index in [1.54, 1.807) is 19.5 Å². The highest BCUT2D eigenvalue weighted by molar-refractivity contribution is 5.71. The van der Waals surface area contributed by atoms with Gasteiger partial charge < -0.3 is 9.47 Å². The van der Waals surface area contributed by atoms with Crippen LogP contribution in [0.4, 0.5) is 0 Å². The first-order chi connectivity index (χ1) is 10.2. The molecule has 0 aliphatic rings. The van der Waals surface area contributed by atoms with Gasteiger partial charge in [-0.1, -0.05) is 24.3 Å². The third-order valence-electron chi connectivity index (χ3n) is 3.19. The summed E-state index contributed by atoms with van der Waals surface area (Å²) in [7, 11) is 1.65. The number of hydrogen-bond acceptors (Lipinski definition) is 4. The lowest BCUT2D eigenvalue weighted by molar-refractivity contribution is -0.143. The zero-order valence-electron chi connectivity index (χ0n) is 12.3. The lowest BCUT2D eigenvalue weighted by Crippen LogP contribution is -2.05. The molecule has 0 N–H and O–H groups in total. The Kier molecular flexibility index (Phi) is 5.32. The van der Waals surface area contributed by atoms with Crippen LogP contribution in [-0.4, -0.2) is 24.7 Å². The standard InChI is InChI=1S/C17H19NO3/c1-3-21-17(19)9-6-13-4-7-14(8-5-13)15-12-18-11-10-16(15)20-2/h4-5,7-8,10-12H,3,6,9H2,1-2H3. The molecule has 2 aromatic rings. The molecule has 1 aromatic carbocycles. The summed E-state index contributed by atoms with van der Waals surface area (Å²) in [5, 5.41) is 0. The van der Waals surface area contributed by atoms with Gasteiger partial charge in [0.25, 0.3) is 0 Å². The van der Waals surface area contributed by atoms with E-state index in [-0.39, 0.29) is 5.97 Å². The van der Waals surface area contributed by atoms with Gasteiger partial charge in [-0.25, -0.2) is 0 Å². The van der Waals surface area contributed by atoms with Crippen LogP contribution in [0, 0.1) is 0 Å². The van der Waals surface area contributed by atoms with E-state index in [2.05, 4.69) is 4.98 Å². The Morgan fingerprint density at radius 2 is 1.95 bits per heavy atom. The maximum absolute atomic E-state index is 11.3. The van der Waals surface area contributed by atoms with Gasteiger partial charge in [-0.15, -0.1) is 0 Å². The van der Waals surface area contributed by atoms with Crippen molar-refractivity contribution in [3.63, 3.8) is 0 Å². The highest BCUT2D eigenvalue weighted by Gasteiger charge is 2.06. The van der Waals surface area contributed by atoms with Crippen LogP contribution in [0.1, 0.15) is 18.9 Å². The van der Waals surface area contributed by atoms with Gasteiger partial charge in [-0.2, -0.15) is 0 Å². The Balaban J connectivity index is 2.07. The number of methoxy groups -OCH3 is 1. The molecule has 0 atom stereocenters. The van der Waals surface area contributed by atoms with Crippen molar-refractivity contribution in [2.75, 3.05) is 13.7 Å². The fourth-order valence-corrected chi connectivity index (χ4v) is 2.11. The van der Waals surface area contributed by atoms with Gasteiger partial charge in [-0.05, 0) is 30.5 Å². The number of benzene rings is 1. The molecule has 21 heavy (non-hydrogen) atoms. The molecule has 110 valence electrons. The summed E-state index contributed by atoms with van der Waals surface area (Å²) in [4.78, 5) is 15.5. The minimum atomic E-state index is -0.157. The Hall–Kier alpha value is -2.36. The average molecular weight is 285 g/mol. The van der Waals surface area contributed by atoms with Crippen molar-refractivity contribution in [3.8, 4) is 16.9 Å². The van der Waals surface area contributed by atoms with Crippen molar-refractivity contribution in [2.24, 2.45) is 0 Å². The van der Waals surface area contributed by atoms with Crippen LogP contribution < -0.4 is 4.74 Å². The number of ether oxygens (including phenoxy) is 2. The van der Waals surface area contributed by atoms with Crippen LogP contribution in [-0.2, 0) is 16.0 Å². The number of nitrogens with zero attached hydrogens (tertiary/aromatic N) is 1. The molecular weight excluding hydrogens is 266 g/mol. The molecule has 0 fully saturated rings. The summed E-state index contributed by atoms with van der Waals surface area (Å²) in [5.74, 6) is 0.639. The maximum atomic E-state index is 11.3. The number of aromatic nitrogens is 1. The van der Waals surface area contributed by atoms with Crippen molar-refractivity contribution in [3.05, 3.63) is 48.3 Å². The average Bonchev–Trinajstić information content (AvgIpc) is 2.54. The van der Waals surface area contributed by atoms with E-state index < -0.39 is 0 Å². The van der Waals surface area contributed by atoms with Gasteiger partial charge in [0.2, 0.25) is 0 Å². The van der Waals surface area contributed by atoms with Crippen LogP contribution in [0.5, 0.6) is 5.75 Å². The van der Waals surface area contributed by atoms with Crippen LogP contribution in [0.3, 0.4) is 0 Å². The van der Waals surface area contributed by atoms with E-state index in [0.717, 1.165) is 22.4 Å². The van der Waals surface area contributed by atoms with E-state index in [1.807, 2.05) is 37.3 Å². The number of hydrogen-bond donors (Lipinski definition) is 0. The zero-order chi connectivity index (χ0) is 15.1. The zero-order valence-corrected chi connectivity index (χ0v) is 12.3. The summed E-state index contributed by atoms with van der Waals surface area (Å²) in [6, 6.07) is 9.89. The fraction of sp³-hybridized carbons (Fsp3) is 0.294. The molecule has 0 saturated heterocycles. The third-order valence-corrected chi connectivity index (χ3v) is 3.19. The number of aryl methyl sites for hydroxylation is 1. The van der Waals surface area contributed by atoms with Crippen molar-refractivity contribution in [1.82, 2.24) is 4.98 Å². The molecule has 0 unspecified atom stereocenters. The fourth-order valence-electron chi connectivity index (χ4n) is 2.11. The van der Waals surface area contributed by atoms with Crippen molar-refractivity contribution < 1.29 is 14.3 Å². The normalized spacial score (nSPS) is 10.2. The first-order valence-electron chi connectivity index (χ1n) is 6.97. The Labute approximate surface area is 124 Å².